The first kappa shape index (κ1) is 19.3. The summed E-state index contributed by atoms with van der Waals surface area (Å²) in [5.74, 6) is 5.74. The zero-order valence-corrected chi connectivity index (χ0v) is 20.3. The zero-order chi connectivity index (χ0) is 22.2. The number of ketones is 1. The quantitative estimate of drug-likeness (QED) is 0.553. The molecule has 8 bridgehead atoms. The highest BCUT2D eigenvalue weighted by Gasteiger charge is 2.59. The number of allylic oxidation sites excluding steroid dienone is 4. The topological polar surface area (TPSA) is 17.1 Å². The van der Waals surface area contributed by atoms with E-state index in [9.17, 15) is 4.79 Å². The Labute approximate surface area is 203 Å². The van der Waals surface area contributed by atoms with E-state index in [1.807, 2.05) is 0 Å². The van der Waals surface area contributed by atoms with Crippen molar-refractivity contribution >= 4 is 17.4 Å². The maximum absolute atomic E-state index is 14.9. The first-order valence-electron chi connectivity index (χ1n) is 14.4. The van der Waals surface area contributed by atoms with Gasteiger partial charge in [-0.05, 0) is 152 Å². The highest BCUT2D eigenvalue weighted by atomic mass is 16.1. The number of hydrogen-bond acceptors (Lipinski definition) is 1. The second kappa shape index (κ2) is 6.26. The van der Waals surface area contributed by atoms with E-state index < -0.39 is 0 Å². The van der Waals surface area contributed by atoms with Gasteiger partial charge in [-0.25, -0.2) is 0 Å². The third kappa shape index (κ3) is 2.40. The Morgan fingerprint density at radius 1 is 0.588 bits per heavy atom. The number of Topliss-reactive ketones (excluding diaryl/α,β-unsaturated/α-hetero) is 1. The summed E-state index contributed by atoms with van der Waals surface area (Å²) in [6, 6.07) is 8.95. The molecule has 174 valence electrons. The first-order valence-corrected chi connectivity index (χ1v) is 14.4. The van der Waals surface area contributed by atoms with Crippen LogP contribution in [0.2, 0.25) is 0 Å². The van der Waals surface area contributed by atoms with Gasteiger partial charge in [-0.2, -0.15) is 0 Å². The number of carbonyl (C=O) groups excluding carboxylic acids is 1. The van der Waals surface area contributed by atoms with Crippen LogP contribution in [-0.2, 0) is 4.79 Å². The highest BCUT2D eigenvalue weighted by molar-refractivity contribution is 6.18. The molecule has 0 N–H and O–H groups in total. The monoisotopic (exact) mass is 448 g/mol. The standard InChI is InChI=1S/C33H36O/c34-31-29(32-13-19-5-20(14-32)7-21(6-19)15-32)12-27-26-4-2-1-3-25(26)11-28(27)30(31)33-16-22-8-23(17-33)10-24(9-22)18-33/h1-4,11-12,19-24H,5-10,13-18H2. The van der Waals surface area contributed by atoms with Gasteiger partial charge in [0.05, 0.1) is 0 Å². The third-order valence-corrected chi connectivity index (χ3v) is 12.0. The molecule has 0 heterocycles. The fourth-order valence-corrected chi connectivity index (χ4v) is 11.9. The molecule has 0 aromatic heterocycles. The first-order chi connectivity index (χ1) is 16.6. The summed E-state index contributed by atoms with van der Waals surface area (Å²) in [5.41, 5.74) is 5.64. The SMILES string of the molecule is O=C1C(C23CC4CC(CC(C4)C2)C3)=CC2=c3ccccc3=CC2=C1C12CC3CC(CC(C3)C1)C2. The Bertz CT molecular complexity index is 1260. The molecule has 0 atom stereocenters. The molecule has 0 amide bonds. The normalized spacial score (nSPS) is 47.1. The fraction of sp³-hybridized carbons (Fsp3) is 0.606. The maximum atomic E-state index is 14.9. The van der Waals surface area contributed by atoms with Crippen LogP contribution >= 0.6 is 0 Å². The number of fused-ring (bicyclic) bond motifs is 2. The summed E-state index contributed by atoms with van der Waals surface area (Å²) in [4.78, 5) is 14.9. The summed E-state index contributed by atoms with van der Waals surface area (Å²) < 4.78 is 0. The number of benzene rings is 1. The minimum absolute atomic E-state index is 0.159. The second-order valence-electron chi connectivity index (χ2n) is 14.2. The van der Waals surface area contributed by atoms with Crippen molar-refractivity contribution in [3.05, 3.63) is 57.5 Å². The molecule has 0 spiro atoms. The van der Waals surface area contributed by atoms with Crippen LogP contribution in [0.1, 0.15) is 77.0 Å². The van der Waals surface area contributed by atoms with Gasteiger partial charge in [0.15, 0.2) is 5.78 Å². The fourth-order valence-electron chi connectivity index (χ4n) is 11.9. The van der Waals surface area contributed by atoms with Gasteiger partial charge < -0.3 is 0 Å². The van der Waals surface area contributed by atoms with Gasteiger partial charge >= 0.3 is 0 Å². The molecule has 1 aromatic carbocycles. The molecular formula is C33H36O. The van der Waals surface area contributed by atoms with Crippen LogP contribution in [0.5, 0.6) is 0 Å². The number of rotatable bonds is 2. The Morgan fingerprint density at radius 3 is 1.65 bits per heavy atom. The highest BCUT2D eigenvalue weighted by Crippen LogP contribution is 2.67. The molecule has 1 aromatic rings. The molecule has 11 rings (SSSR count). The van der Waals surface area contributed by atoms with Crippen molar-refractivity contribution in [2.24, 2.45) is 46.3 Å². The Balaban J connectivity index is 1.27. The lowest BCUT2D eigenvalue weighted by Gasteiger charge is -2.60. The predicted molar refractivity (Wildman–Crippen MR) is 135 cm³/mol. The molecule has 34 heavy (non-hydrogen) atoms. The smallest absolute Gasteiger partial charge is 0.186 e. The molecular weight excluding hydrogens is 412 g/mol. The van der Waals surface area contributed by atoms with E-state index in [2.05, 4.69) is 36.4 Å². The molecule has 0 aliphatic heterocycles. The summed E-state index contributed by atoms with van der Waals surface area (Å²) in [6.07, 6.45) is 21.2. The van der Waals surface area contributed by atoms with Crippen LogP contribution < -0.4 is 10.4 Å². The second-order valence-corrected chi connectivity index (χ2v) is 14.2. The van der Waals surface area contributed by atoms with Crippen LogP contribution in [0.15, 0.2) is 47.1 Å². The minimum Gasteiger partial charge on any atom is -0.289 e. The summed E-state index contributed by atoms with van der Waals surface area (Å²) in [7, 11) is 0. The molecule has 8 fully saturated rings. The van der Waals surface area contributed by atoms with Gasteiger partial charge in [0.25, 0.3) is 0 Å². The molecule has 1 heteroatoms. The predicted octanol–water partition coefficient (Wildman–Crippen LogP) is 5.87. The lowest BCUT2D eigenvalue weighted by Crippen LogP contribution is -2.51. The van der Waals surface area contributed by atoms with Crippen molar-refractivity contribution in [3.63, 3.8) is 0 Å². The summed E-state index contributed by atoms with van der Waals surface area (Å²) in [5, 5.41) is 2.72. The van der Waals surface area contributed by atoms with E-state index in [1.165, 1.54) is 110 Å². The van der Waals surface area contributed by atoms with Gasteiger partial charge in [-0.3, -0.25) is 4.79 Å². The molecule has 10 aliphatic carbocycles. The van der Waals surface area contributed by atoms with E-state index in [0.29, 0.717) is 5.78 Å². The van der Waals surface area contributed by atoms with Crippen molar-refractivity contribution in [1.29, 1.82) is 0 Å². The Morgan fingerprint density at radius 2 is 1.09 bits per heavy atom. The molecule has 0 radical (unpaired) electrons. The lowest BCUT2D eigenvalue weighted by molar-refractivity contribution is -0.119. The zero-order valence-electron chi connectivity index (χ0n) is 20.3. The third-order valence-electron chi connectivity index (χ3n) is 12.0. The van der Waals surface area contributed by atoms with Crippen LogP contribution in [-0.4, -0.2) is 5.78 Å². The largest absolute Gasteiger partial charge is 0.289 e. The summed E-state index contributed by atoms with van der Waals surface area (Å²) in [6.45, 7) is 0. The Kier molecular flexibility index (Phi) is 3.56. The van der Waals surface area contributed by atoms with Gasteiger partial charge in [-0.1, -0.05) is 24.3 Å². The molecule has 0 unspecified atom stereocenters. The maximum Gasteiger partial charge on any atom is 0.186 e. The van der Waals surface area contributed by atoms with Crippen LogP contribution in [0.25, 0.3) is 11.6 Å². The number of hydrogen-bond donors (Lipinski definition) is 0. The van der Waals surface area contributed by atoms with Crippen LogP contribution in [0.3, 0.4) is 0 Å². The van der Waals surface area contributed by atoms with E-state index in [1.54, 1.807) is 0 Å². The van der Waals surface area contributed by atoms with E-state index in [4.69, 9.17) is 0 Å². The van der Waals surface area contributed by atoms with Crippen molar-refractivity contribution in [2.75, 3.05) is 0 Å². The van der Waals surface area contributed by atoms with E-state index in [-0.39, 0.29) is 10.8 Å². The molecule has 10 aliphatic rings. The van der Waals surface area contributed by atoms with Crippen LogP contribution in [0, 0.1) is 46.3 Å². The molecule has 1 nitrogen and oxygen atoms in total. The average molecular weight is 449 g/mol. The van der Waals surface area contributed by atoms with Gasteiger partial charge in [0.1, 0.15) is 0 Å². The van der Waals surface area contributed by atoms with Crippen molar-refractivity contribution in [2.45, 2.75) is 77.0 Å². The molecule has 8 saturated carbocycles. The van der Waals surface area contributed by atoms with Crippen molar-refractivity contribution in [3.8, 4) is 0 Å². The lowest BCUT2D eigenvalue weighted by atomic mass is 9.44. The van der Waals surface area contributed by atoms with Gasteiger partial charge in [-0.15, -0.1) is 0 Å². The van der Waals surface area contributed by atoms with E-state index >= 15 is 0 Å². The molecule has 0 saturated heterocycles. The van der Waals surface area contributed by atoms with Gasteiger partial charge in [0, 0.05) is 16.6 Å². The minimum atomic E-state index is 0.159. The van der Waals surface area contributed by atoms with E-state index in [0.717, 1.165) is 35.5 Å². The van der Waals surface area contributed by atoms with Crippen molar-refractivity contribution < 1.29 is 4.79 Å². The number of carbonyl (C=O) groups is 1. The van der Waals surface area contributed by atoms with Crippen LogP contribution in [0.4, 0.5) is 0 Å². The Hall–Kier alpha value is -1.89. The average Bonchev–Trinajstić information content (AvgIpc) is 3.14. The van der Waals surface area contributed by atoms with Crippen molar-refractivity contribution in [1.82, 2.24) is 0 Å². The summed E-state index contributed by atoms with van der Waals surface area (Å²) >= 11 is 0. The van der Waals surface area contributed by atoms with Gasteiger partial charge in [0.2, 0.25) is 0 Å².